The number of hydrogen-bond acceptors (Lipinski definition) is 7. The fourth-order valence-electron chi connectivity index (χ4n) is 5.84. The molecular weight excluding hydrogens is 444 g/mol. The summed E-state index contributed by atoms with van der Waals surface area (Å²) >= 11 is 0. The Bertz CT molecular complexity index is 1470. The van der Waals surface area contributed by atoms with Gasteiger partial charge < -0.3 is 14.5 Å². The van der Waals surface area contributed by atoms with Crippen LogP contribution in [0.3, 0.4) is 0 Å². The van der Waals surface area contributed by atoms with Crippen molar-refractivity contribution in [3.8, 4) is 11.5 Å². The maximum Gasteiger partial charge on any atom is 0.253 e. The van der Waals surface area contributed by atoms with E-state index in [9.17, 15) is 4.79 Å². The Morgan fingerprint density at radius 3 is 2.69 bits per heavy atom. The van der Waals surface area contributed by atoms with Gasteiger partial charge in [0.05, 0.1) is 11.6 Å². The second kappa shape index (κ2) is 8.20. The van der Waals surface area contributed by atoms with E-state index in [0.717, 1.165) is 49.1 Å². The maximum absolute atomic E-state index is 13.6. The standard InChI is InChI=1S/C26H26N6O3/c33-26-20(11-18-12-22-23(35-15-34-22)13-21(18)27-26)24(25-28-29-30-32(25)19-7-3-4-8-19)31-10-9-16-5-1-2-6-17(16)14-31/h1-2,5-6,11-13,19,24H,3-4,7-10,14-15H2,(H,27,33)/t24-/m1/s1. The molecule has 1 fully saturated rings. The summed E-state index contributed by atoms with van der Waals surface area (Å²) in [6.45, 7) is 1.74. The molecule has 2 aliphatic heterocycles. The number of aromatic nitrogens is 5. The van der Waals surface area contributed by atoms with Crippen LogP contribution >= 0.6 is 0 Å². The van der Waals surface area contributed by atoms with Crippen LogP contribution in [0.5, 0.6) is 11.5 Å². The number of H-pyrrole nitrogens is 1. The number of fused-ring (bicyclic) bond motifs is 3. The maximum atomic E-state index is 13.6. The van der Waals surface area contributed by atoms with Crippen molar-refractivity contribution in [2.45, 2.75) is 50.7 Å². The predicted octanol–water partition coefficient (Wildman–Crippen LogP) is 3.51. The summed E-state index contributed by atoms with van der Waals surface area (Å²) in [5.41, 5.74) is 3.87. The summed E-state index contributed by atoms with van der Waals surface area (Å²) < 4.78 is 13.1. The molecule has 7 rings (SSSR count). The molecule has 4 heterocycles. The molecule has 1 N–H and O–H groups in total. The highest BCUT2D eigenvalue weighted by Crippen LogP contribution is 2.38. The van der Waals surface area contributed by atoms with Gasteiger partial charge in [-0.3, -0.25) is 9.69 Å². The quantitative estimate of drug-likeness (QED) is 0.487. The van der Waals surface area contributed by atoms with Crippen molar-refractivity contribution in [1.29, 1.82) is 0 Å². The number of hydrogen-bond donors (Lipinski definition) is 1. The molecule has 178 valence electrons. The fourth-order valence-corrected chi connectivity index (χ4v) is 5.84. The third kappa shape index (κ3) is 3.49. The largest absolute Gasteiger partial charge is 0.454 e. The van der Waals surface area contributed by atoms with E-state index < -0.39 is 0 Å². The Kier molecular flexibility index (Phi) is 4.83. The van der Waals surface area contributed by atoms with Crippen molar-refractivity contribution < 1.29 is 9.47 Å². The van der Waals surface area contributed by atoms with E-state index in [1.807, 2.05) is 22.9 Å². The number of pyridine rings is 1. The first-order chi connectivity index (χ1) is 17.2. The zero-order valence-electron chi connectivity index (χ0n) is 19.3. The summed E-state index contributed by atoms with van der Waals surface area (Å²) in [6.07, 6.45) is 5.39. The highest BCUT2D eigenvalue weighted by molar-refractivity contribution is 5.83. The van der Waals surface area contributed by atoms with Gasteiger partial charge >= 0.3 is 0 Å². The van der Waals surface area contributed by atoms with E-state index >= 15 is 0 Å². The number of ether oxygens (including phenoxy) is 2. The molecule has 0 amide bonds. The molecule has 1 atom stereocenters. The van der Waals surface area contributed by atoms with Gasteiger partial charge in [0.25, 0.3) is 5.56 Å². The van der Waals surface area contributed by atoms with E-state index in [1.54, 1.807) is 0 Å². The van der Waals surface area contributed by atoms with Crippen molar-refractivity contribution in [3.63, 3.8) is 0 Å². The molecule has 0 spiro atoms. The Hall–Kier alpha value is -3.72. The molecule has 3 aliphatic rings. The molecular formula is C26H26N6O3. The van der Waals surface area contributed by atoms with Gasteiger partial charge in [0.2, 0.25) is 6.79 Å². The molecule has 0 radical (unpaired) electrons. The Morgan fingerprint density at radius 1 is 1.03 bits per heavy atom. The molecule has 9 heteroatoms. The van der Waals surface area contributed by atoms with Crippen LogP contribution in [0.2, 0.25) is 0 Å². The minimum atomic E-state index is -0.363. The highest BCUT2D eigenvalue weighted by Gasteiger charge is 2.34. The second-order valence-electron chi connectivity index (χ2n) is 9.66. The van der Waals surface area contributed by atoms with E-state index in [0.29, 0.717) is 17.1 Å². The monoisotopic (exact) mass is 470 g/mol. The Labute approximate surface area is 201 Å². The molecule has 35 heavy (non-hydrogen) atoms. The molecule has 2 aromatic carbocycles. The van der Waals surface area contributed by atoms with E-state index in [4.69, 9.17) is 9.47 Å². The molecule has 1 aliphatic carbocycles. The third-order valence-corrected chi connectivity index (χ3v) is 7.62. The smallest absolute Gasteiger partial charge is 0.253 e. The summed E-state index contributed by atoms with van der Waals surface area (Å²) in [5, 5.41) is 13.9. The van der Waals surface area contributed by atoms with Crippen LogP contribution in [0.15, 0.2) is 47.3 Å². The zero-order chi connectivity index (χ0) is 23.4. The summed E-state index contributed by atoms with van der Waals surface area (Å²) in [5.74, 6) is 2.08. The number of tetrazole rings is 1. The van der Waals surface area contributed by atoms with E-state index in [2.05, 4.69) is 49.7 Å². The average molecular weight is 471 g/mol. The van der Waals surface area contributed by atoms with Crippen LogP contribution in [-0.4, -0.2) is 43.4 Å². The van der Waals surface area contributed by atoms with Gasteiger partial charge in [-0.05, 0) is 52.9 Å². The van der Waals surface area contributed by atoms with Crippen molar-refractivity contribution in [3.05, 3.63) is 75.3 Å². The van der Waals surface area contributed by atoms with Gasteiger partial charge in [0.15, 0.2) is 17.3 Å². The molecule has 4 aromatic rings. The van der Waals surface area contributed by atoms with Gasteiger partial charge in [-0.2, -0.15) is 0 Å². The fraction of sp³-hybridized carbons (Fsp3) is 0.385. The second-order valence-corrected chi connectivity index (χ2v) is 9.66. The van der Waals surface area contributed by atoms with Crippen molar-refractivity contribution in [1.82, 2.24) is 30.1 Å². The van der Waals surface area contributed by atoms with Gasteiger partial charge in [0.1, 0.15) is 6.04 Å². The molecule has 0 saturated heterocycles. The SMILES string of the molecule is O=c1[nH]c2cc3c(cc2cc1[C@H](c1nnnn1C1CCCC1)N1CCc2ccccc2C1)OCO3. The number of aromatic amines is 1. The highest BCUT2D eigenvalue weighted by atomic mass is 16.7. The Balaban J connectivity index is 1.38. The zero-order valence-corrected chi connectivity index (χ0v) is 19.3. The van der Waals surface area contributed by atoms with Crippen LogP contribution < -0.4 is 15.0 Å². The Morgan fingerprint density at radius 2 is 1.83 bits per heavy atom. The summed E-state index contributed by atoms with van der Waals surface area (Å²) in [7, 11) is 0. The lowest BCUT2D eigenvalue weighted by Crippen LogP contribution is -2.39. The van der Waals surface area contributed by atoms with Gasteiger partial charge in [-0.1, -0.05) is 37.1 Å². The molecule has 0 unspecified atom stereocenters. The predicted molar refractivity (Wildman–Crippen MR) is 128 cm³/mol. The lowest BCUT2D eigenvalue weighted by Gasteiger charge is -2.35. The molecule has 1 saturated carbocycles. The van der Waals surface area contributed by atoms with Crippen LogP contribution in [0.25, 0.3) is 10.9 Å². The van der Waals surface area contributed by atoms with Crippen molar-refractivity contribution >= 4 is 10.9 Å². The molecule has 0 bridgehead atoms. The van der Waals surface area contributed by atoms with Gasteiger partial charge in [-0.15, -0.1) is 5.10 Å². The van der Waals surface area contributed by atoms with Crippen LogP contribution in [0.4, 0.5) is 0 Å². The van der Waals surface area contributed by atoms with Crippen LogP contribution in [-0.2, 0) is 13.0 Å². The lowest BCUT2D eigenvalue weighted by molar-refractivity contribution is 0.174. The third-order valence-electron chi connectivity index (χ3n) is 7.62. The number of nitrogens with one attached hydrogen (secondary N) is 1. The molecule has 9 nitrogen and oxygen atoms in total. The summed E-state index contributed by atoms with van der Waals surface area (Å²) in [4.78, 5) is 19.0. The summed E-state index contributed by atoms with van der Waals surface area (Å²) in [6, 6.07) is 14.2. The first-order valence-corrected chi connectivity index (χ1v) is 12.3. The van der Waals surface area contributed by atoms with Crippen molar-refractivity contribution in [2.75, 3.05) is 13.3 Å². The van der Waals surface area contributed by atoms with Crippen LogP contribution in [0, 0.1) is 0 Å². The minimum Gasteiger partial charge on any atom is -0.454 e. The van der Waals surface area contributed by atoms with E-state index in [-0.39, 0.29) is 24.4 Å². The molecule has 2 aromatic heterocycles. The van der Waals surface area contributed by atoms with Crippen LogP contribution in [0.1, 0.15) is 60.3 Å². The van der Waals surface area contributed by atoms with Gasteiger partial charge in [0, 0.05) is 30.1 Å². The minimum absolute atomic E-state index is 0.138. The topological polar surface area (TPSA) is 98.2 Å². The average Bonchev–Trinajstić information content (AvgIpc) is 3.65. The first-order valence-electron chi connectivity index (χ1n) is 12.3. The van der Waals surface area contributed by atoms with E-state index in [1.165, 1.54) is 24.0 Å². The number of benzene rings is 2. The first kappa shape index (κ1) is 20.6. The van der Waals surface area contributed by atoms with Gasteiger partial charge in [-0.25, -0.2) is 4.68 Å². The van der Waals surface area contributed by atoms with Crippen molar-refractivity contribution in [2.24, 2.45) is 0 Å². The number of nitrogens with zero attached hydrogens (tertiary/aromatic N) is 5. The lowest BCUT2D eigenvalue weighted by atomic mass is 9.95. The number of rotatable bonds is 4. The normalized spacial score (nSPS) is 18.7.